The highest BCUT2D eigenvalue weighted by atomic mass is 19.2. The third kappa shape index (κ3) is 3.79. The zero-order valence-electron chi connectivity index (χ0n) is 12.2. The van der Waals surface area contributed by atoms with Crippen molar-refractivity contribution < 1.29 is 13.5 Å². The number of nitrogens with one attached hydrogen (secondary N) is 1. The Morgan fingerprint density at radius 1 is 1.10 bits per heavy atom. The lowest BCUT2D eigenvalue weighted by Gasteiger charge is -2.19. The summed E-state index contributed by atoms with van der Waals surface area (Å²) in [4.78, 5) is 0. The van der Waals surface area contributed by atoms with Crippen LogP contribution in [0.3, 0.4) is 0 Å². The highest BCUT2D eigenvalue weighted by Gasteiger charge is 2.17. The van der Waals surface area contributed by atoms with Crippen molar-refractivity contribution in [3.05, 3.63) is 65.2 Å². The fourth-order valence-electron chi connectivity index (χ4n) is 2.33. The van der Waals surface area contributed by atoms with Crippen LogP contribution >= 0.6 is 0 Å². The van der Waals surface area contributed by atoms with Crippen LogP contribution in [0.1, 0.15) is 24.1 Å². The van der Waals surface area contributed by atoms with Crippen molar-refractivity contribution in [3.8, 4) is 5.75 Å². The zero-order chi connectivity index (χ0) is 15.2. The van der Waals surface area contributed by atoms with Gasteiger partial charge >= 0.3 is 0 Å². The molecule has 0 aliphatic heterocycles. The van der Waals surface area contributed by atoms with Gasteiger partial charge in [0.05, 0.1) is 7.11 Å². The van der Waals surface area contributed by atoms with E-state index in [1.165, 1.54) is 6.07 Å². The smallest absolute Gasteiger partial charge is 0.163 e. The molecule has 21 heavy (non-hydrogen) atoms. The quantitative estimate of drug-likeness (QED) is 0.872. The molecule has 0 radical (unpaired) electrons. The minimum Gasteiger partial charge on any atom is -0.497 e. The largest absolute Gasteiger partial charge is 0.497 e. The van der Waals surface area contributed by atoms with Crippen molar-refractivity contribution in [2.45, 2.75) is 19.4 Å². The average Bonchev–Trinajstić information content (AvgIpc) is 2.50. The molecule has 0 amide bonds. The van der Waals surface area contributed by atoms with Crippen LogP contribution in [0.2, 0.25) is 0 Å². The van der Waals surface area contributed by atoms with Crippen molar-refractivity contribution in [1.82, 2.24) is 5.32 Å². The second kappa shape index (κ2) is 7.18. The van der Waals surface area contributed by atoms with Crippen LogP contribution in [0.15, 0.2) is 42.5 Å². The second-order valence-corrected chi connectivity index (χ2v) is 4.81. The van der Waals surface area contributed by atoms with Gasteiger partial charge in [0.25, 0.3) is 0 Å². The molecule has 0 spiro atoms. The first-order chi connectivity index (χ1) is 10.2. The number of ether oxygens (including phenoxy) is 1. The molecule has 0 fully saturated rings. The number of methoxy groups -OCH3 is 1. The van der Waals surface area contributed by atoms with Gasteiger partial charge in [0.1, 0.15) is 5.75 Å². The Morgan fingerprint density at radius 2 is 1.81 bits per heavy atom. The van der Waals surface area contributed by atoms with E-state index in [1.807, 2.05) is 31.2 Å². The highest BCUT2D eigenvalue weighted by Crippen LogP contribution is 2.24. The van der Waals surface area contributed by atoms with E-state index in [0.29, 0.717) is 18.5 Å². The normalized spacial score (nSPS) is 12.2. The molecule has 1 atom stereocenters. The van der Waals surface area contributed by atoms with Crippen LogP contribution in [0.4, 0.5) is 8.78 Å². The zero-order valence-corrected chi connectivity index (χ0v) is 12.2. The van der Waals surface area contributed by atoms with E-state index < -0.39 is 11.6 Å². The van der Waals surface area contributed by atoms with E-state index in [4.69, 9.17) is 4.74 Å². The van der Waals surface area contributed by atoms with Gasteiger partial charge in [-0.3, -0.25) is 0 Å². The number of hydrogen-bond acceptors (Lipinski definition) is 2. The summed E-state index contributed by atoms with van der Waals surface area (Å²) in [5, 5.41) is 3.21. The molecule has 2 nitrogen and oxygen atoms in total. The molecule has 2 aromatic carbocycles. The van der Waals surface area contributed by atoms with Crippen LogP contribution in [0.25, 0.3) is 0 Å². The molecule has 112 valence electrons. The molecular formula is C17H19F2NO. The van der Waals surface area contributed by atoms with Crippen LogP contribution in [0, 0.1) is 11.6 Å². The van der Waals surface area contributed by atoms with Gasteiger partial charge in [-0.25, -0.2) is 8.78 Å². The third-order valence-corrected chi connectivity index (χ3v) is 3.41. The molecule has 0 aromatic heterocycles. The van der Waals surface area contributed by atoms with Crippen molar-refractivity contribution in [2.75, 3.05) is 13.7 Å². The number of likely N-dealkylation sites (N-methyl/N-ethyl adjacent to an activating group) is 1. The summed E-state index contributed by atoms with van der Waals surface area (Å²) in [6.07, 6.45) is 0.582. The van der Waals surface area contributed by atoms with Gasteiger partial charge < -0.3 is 10.1 Å². The molecule has 0 bridgehead atoms. The second-order valence-electron chi connectivity index (χ2n) is 4.81. The molecule has 0 aliphatic carbocycles. The lowest BCUT2D eigenvalue weighted by atomic mass is 9.98. The van der Waals surface area contributed by atoms with Crippen molar-refractivity contribution in [2.24, 2.45) is 0 Å². The van der Waals surface area contributed by atoms with Crippen molar-refractivity contribution >= 4 is 0 Å². The van der Waals surface area contributed by atoms with Crippen molar-refractivity contribution in [3.63, 3.8) is 0 Å². The Hall–Kier alpha value is -1.94. The van der Waals surface area contributed by atoms with E-state index >= 15 is 0 Å². The maximum absolute atomic E-state index is 14.0. The Labute approximate surface area is 123 Å². The minimum absolute atomic E-state index is 0.265. The number of benzene rings is 2. The fourth-order valence-corrected chi connectivity index (χ4v) is 2.33. The molecule has 0 saturated carbocycles. The maximum Gasteiger partial charge on any atom is 0.163 e. The summed E-state index contributed by atoms with van der Waals surface area (Å²) in [6.45, 7) is 2.62. The molecular weight excluding hydrogens is 272 g/mol. The Morgan fingerprint density at radius 3 is 2.43 bits per heavy atom. The van der Waals surface area contributed by atoms with Gasteiger partial charge in [0.15, 0.2) is 11.6 Å². The molecule has 0 aliphatic rings. The Kier molecular flexibility index (Phi) is 5.28. The summed E-state index contributed by atoms with van der Waals surface area (Å²) < 4.78 is 32.5. The number of rotatable bonds is 6. The molecule has 4 heteroatoms. The van der Waals surface area contributed by atoms with Gasteiger partial charge in [-0.2, -0.15) is 0 Å². The van der Waals surface area contributed by atoms with E-state index in [2.05, 4.69) is 5.32 Å². The summed E-state index contributed by atoms with van der Waals surface area (Å²) in [6, 6.07) is 11.6. The van der Waals surface area contributed by atoms with Gasteiger partial charge in [-0.15, -0.1) is 0 Å². The van der Waals surface area contributed by atoms with Gasteiger partial charge in [0, 0.05) is 11.6 Å². The summed E-state index contributed by atoms with van der Waals surface area (Å²) >= 11 is 0. The standard InChI is InChI=1S/C17H19F2NO/c1-3-20-16(14-5-4-6-15(18)17(14)19)11-12-7-9-13(21-2)10-8-12/h4-10,16,20H,3,11H2,1-2H3. The molecule has 0 saturated heterocycles. The van der Waals surface area contributed by atoms with Crippen LogP contribution in [0.5, 0.6) is 5.75 Å². The number of halogens is 2. The third-order valence-electron chi connectivity index (χ3n) is 3.41. The fraction of sp³-hybridized carbons (Fsp3) is 0.294. The predicted octanol–water partition coefficient (Wildman–Crippen LogP) is 3.87. The van der Waals surface area contributed by atoms with E-state index in [9.17, 15) is 8.78 Å². The van der Waals surface area contributed by atoms with E-state index in [1.54, 1.807) is 13.2 Å². The average molecular weight is 291 g/mol. The van der Waals surface area contributed by atoms with Gasteiger partial charge in [-0.1, -0.05) is 31.2 Å². The first-order valence-electron chi connectivity index (χ1n) is 6.96. The van der Waals surface area contributed by atoms with Crippen LogP contribution in [-0.4, -0.2) is 13.7 Å². The van der Waals surface area contributed by atoms with Crippen molar-refractivity contribution in [1.29, 1.82) is 0 Å². The summed E-state index contributed by atoms with van der Waals surface area (Å²) in [7, 11) is 1.61. The minimum atomic E-state index is -0.815. The van der Waals surface area contributed by atoms with E-state index in [0.717, 1.165) is 17.4 Å². The number of hydrogen-bond donors (Lipinski definition) is 1. The van der Waals surface area contributed by atoms with Gasteiger partial charge in [0.2, 0.25) is 0 Å². The first kappa shape index (κ1) is 15.4. The molecule has 2 aromatic rings. The summed E-state index contributed by atoms with van der Waals surface area (Å²) in [5.74, 6) is -0.821. The molecule has 1 N–H and O–H groups in total. The topological polar surface area (TPSA) is 21.3 Å². The first-order valence-corrected chi connectivity index (χ1v) is 6.96. The molecule has 0 heterocycles. The lowest BCUT2D eigenvalue weighted by molar-refractivity contribution is 0.414. The summed E-state index contributed by atoms with van der Waals surface area (Å²) in [5.41, 5.74) is 1.39. The SMILES string of the molecule is CCNC(Cc1ccc(OC)cc1)c1cccc(F)c1F. The lowest BCUT2D eigenvalue weighted by Crippen LogP contribution is -2.24. The van der Waals surface area contributed by atoms with Gasteiger partial charge in [-0.05, 0) is 36.7 Å². The monoisotopic (exact) mass is 291 g/mol. The Bertz CT molecular complexity index is 584. The highest BCUT2D eigenvalue weighted by molar-refractivity contribution is 5.30. The molecule has 1 unspecified atom stereocenters. The van der Waals surface area contributed by atoms with E-state index in [-0.39, 0.29) is 6.04 Å². The van der Waals surface area contributed by atoms with Crippen LogP contribution < -0.4 is 10.1 Å². The predicted molar refractivity (Wildman–Crippen MR) is 79.5 cm³/mol. The molecule has 2 rings (SSSR count). The Balaban J connectivity index is 2.24. The van der Waals surface area contributed by atoms with Crippen LogP contribution in [-0.2, 0) is 6.42 Å². The maximum atomic E-state index is 14.0.